The van der Waals surface area contributed by atoms with Crippen LogP contribution in [0.25, 0.3) is 0 Å². The molecule has 2 atom stereocenters. The maximum absolute atomic E-state index is 14.7. The van der Waals surface area contributed by atoms with Crippen molar-refractivity contribution < 1.29 is 23.8 Å². The highest BCUT2D eigenvalue weighted by atomic mass is 79.9. The number of halogens is 3. The lowest BCUT2D eigenvalue weighted by Gasteiger charge is -2.29. The number of hydrogen-bond acceptors (Lipinski definition) is 4. The Labute approximate surface area is 170 Å². The summed E-state index contributed by atoms with van der Waals surface area (Å²) in [5.74, 6) is -1.39. The molecule has 0 spiro atoms. The van der Waals surface area contributed by atoms with Crippen LogP contribution in [0.2, 0.25) is 5.02 Å². The Morgan fingerprint density at radius 1 is 1.26 bits per heavy atom. The van der Waals surface area contributed by atoms with E-state index in [2.05, 4.69) is 15.9 Å². The number of aromatic hydroxyl groups is 1. The zero-order chi connectivity index (χ0) is 20.0. The predicted molar refractivity (Wildman–Crippen MR) is 103 cm³/mol. The number of phenolic OH excluding ortho intramolecular Hbond substituents is 1. The van der Waals surface area contributed by atoms with Crippen molar-refractivity contribution in [3.63, 3.8) is 0 Å². The number of cyclic esters (lactones) is 1. The van der Waals surface area contributed by atoms with Gasteiger partial charge in [-0.1, -0.05) is 50.6 Å². The van der Waals surface area contributed by atoms with Crippen molar-refractivity contribution in [2.24, 2.45) is 5.41 Å². The first-order valence-electron chi connectivity index (χ1n) is 8.36. The summed E-state index contributed by atoms with van der Waals surface area (Å²) in [7, 11) is 0. The van der Waals surface area contributed by atoms with Crippen LogP contribution in [0.1, 0.15) is 31.9 Å². The van der Waals surface area contributed by atoms with Gasteiger partial charge in [-0.05, 0) is 34.1 Å². The largest absolute Gasteiger partial charge is 0.508 e. The molecule has 2 aromatic rings. The Hall–Kier alpha value is -1.63. The molecule has 27 heavy (non-hydrogen) atoms. The molecule has 0 aliphatic carbocycles. The highest BCUT2D eigenvalue weighted by Gasteiger charge is 2.56. The first-order valence-corrected chi connectivity index (χ1v) is 9.53. The highest BCUT2D eigenvalue weighted by molar-refractivity contribution is 9.10. The van der Waals surface area contributed by atoms with Crippen molar-refractivity contribution in [2.75, 3.05) is 0 Å². The first-order chi connectivity index (χ1) is 12.6. The smallest absolute Gasteiger partial charge is 0.346 e. The van der Waals surface area contributed by atoms with E-state index < -0.39 is 29.1 Å². The van der Waals surface area contributed by atoms with Gasteiger partial charge in [0.05, 0.1) is 5.02 Å². The molecule has 1 N–H and O–H groups in total. The van der Waals surface area contributed by atoms with Crippen LogP contribution < -0.4 is 0 Å². The van der Waals surface area contributed by atoms with Crippen molar-refractivity contribution in [1.82, 2.24) is 0 Å². The van der Waals surface area contributed by atoms with Gasteiger partial charge in [-0.2, -0.15) is 0 Å². The number of benzene rings is 2. The zero-order valence-corrected chi connectivity index (χ0v) is 17.4. The van der Waals surface area contributed by atoms with Gasteiger partial charge in [-0.15, -0.1) is 0 Å². The number of carbonyl (C=O) groups excluding carboxylic acids is 1. The van der Waals surface area contributed by atoms with Gasteiger partial charge < -0.3 is 14.6 Å². The lowest BCUT2D eigenvalue weighted by atomic mass is 9.86. The van der Waals surface area contributed by atoms with E-state index in [1.54, 1.807) is 6.07 Å². The number of rotatable bonds is 3. The molecule has 0 amide bonds. The zero-order valence-electron chi connectivity index (χ0n) is 15.1. The van der Waals surface area contributed by atoms with Gasteiger partial charge in [0, 0.05) is 27.4 Å². The molecule has 3 rings (SSSR count). The summed E-state index contributed by atoms with van der Waals surface area (Å²) in [6.45, 7) is 5.57. The minimum Gasteiger partial charge on any atom is -0.508 e. The predicted octanol–water partition coefficient (Wildman–Crippen LogP) is 5.33. The number of ether oxygens (including phenoxy) is 2. The molecule has 1 fully saturated rings. The lowest BCUT2D eigenvalue weighted by Crippen LogP contribution is -2.38. The molecule has 2 aromatic carbocycles. The van der Waals surface area contributed by atoms with Crippen LogP contribution in [0, 0.1) is 11.2 Å². The second-order valence-corrected chi connectivity index (χ2v) is 8.76. The summed E-state index contributed by atoms with van der Waals surface area (Å²) in [5, 5.41) is 10.7. The van der Waals surface area contributed by atoms with Crippen molar-refractivity contribution in [3.8, 4) is 5.75 Å². The van der Waals surface area contributed by atoms with Crippen LogP contribution in [0.15, 0.2) is 40.9 Å². The molecular weight excluding hydrogens is 439 g/mol. The van der Waals surface area contributed by atoms with E-state index in [1.807, 2.05) is 20.8 Å². The number of hydrogen-bond donors (Lipinski definition) is 1. The standard InChI is InChI=1S/C20H19BrClFO4/c1-19(2,3)18-26-17(25)20(27-18,12-6-4-5-7-14(12)23)10-11-15(24)9-8-13(22)16(11)21/h4-9,18,24H,10H2,1-3H3/t18-,20+/m0/s1. The van der Waals surface area contributed by atoms with Crippen LogP contribution in [0.5, 0.6) is 5.75 Å². The number of phenols is 1. The van der Waals surface area contributed by atoms with Crippen LogP contribution in [0.4, 0.5) is 4.39 Å². The highest BCUT2D eigenvalue weighted by Crippen LogP contribution is 2.46. The third-order valence-corrected chi connectivity index (χ3v) is 5.91. The molecule has 0 aromatic heterocycles. The van der Waals surface area contributed by atoms with Gasteiger partial charge in [-0.3, -0.25) is 0 Å². The molecule has 7 heteroatoms. The molecule has 4 nitrogen and oxygen atoms in total. The maximum Gasteiger partial charge on any atom is 0.346 e. The third kappa shape index (κ3) is 3.58. The maximum atomic E-state index is 14.7. The molecular formula is C20H19BrClFO4. The van der Waals surface area contributed by atoms with Crippen LogP contribution >= 0.6 is 27.5 Å². The second-order valence-electron chi connectivity index (χ2n) is 7.56. The van der Waals surface area contributed by atoms with E-state index in [4.69, 9.17) is 21.1 Å². The molecule has 1 heterocycles. The summed E-state index contributed by atoms with van der Waals surface area (Å²) in [5.41, 5.74) is -1.88. The number of carbonyl (C=O) groups is 1. The average Bonchev–Trinajstić information content (AvgIpc) is 2.93. The van der Waals surface area contributed by atoms with E-state index >= 15 is 0 Å². The van der Waals surface area contributed by atoms with E-state index in [0.29, 0.717) is 15.1 Å². The van der Waals surface area contributed by atoms with Gasteiger partial charge in [0.15, 0.2) is 0 Å². The lowest BCUT2D eigenvalue weighted by molar-refractivity contribution is -0.156. The average molecular weight is 458 g/mol. The fourth-order valence-electron chi connectivity index (χ4n) is 2.97. The minimum absolute atomic E-state index is 0.0491. The summed E-state index contributed by atoms with van der Waals surface area (Å²) in [6, 6.07) is 8.82. The van der Waals surface area contributed by atoms with Crippen LogP contribution in [-0.2, 0) is 26.3 Å². The summed E-state index contributed by atoms with van der Waals surface area (Å²) in [6.07, 6.45) is -1.02. The monoisotopic (exact) mass is 456 g/mol. The first kappa shape index (κ1) is 20.1. The van der Waals surface area contributed by atoms with Crippen LogP contribution in [-0.4, -0.2) is 17.4 Å². The topological polar surface area (TPSA) is 55.8 Å². The summed E-state index contributed by atoms with van der Waals surface area (Å²) >= 11 is 9.48. The van der Waals surface area contributed by atoms with Gasteiger partial charge in [0.1, 0.15) is 11.6 Å². The van der Waals surface area contributed by atoms with Gasteiger partial charge >= 0.3 is 5.97 Å². The Balaban J connectivity index is 2.18. The van der Waals surface area contributed by atoms with Crippen molar-refractivity contribution in [1.29, 1.82) is 0 Å². The summed E-state index contributed by atoms with van der Waals surface area (Å²) in [4.78, 5) is 13.0. The molecule has 0 radical (unpaired) electrons. The quantitative estimate of drug-likeness (QED) is 0.633. The molecule has 0 saturated carbocycles. The molecule has 1 saturated heterocycles. The Morgan fingerprint density at radius 3 is 2.52 bits per heavy atom. The molecule has 0 bridgehead atoms. The molecule has 1 aliphatic rings. The second kappa shape index (κ2) is 7.08. The number of esters is 1. The minimum atomic E-state index is -1.74. The molecule has 0 unspecified atom stereocenters. The van der Waals surface area contributed by atoms with E-state index in [9.17, 15) is 14.3 Å². The van der Waals surface area contributed by atoms with Gasteiger partial charge in [0.2, 0.25) is 11.9 Å². The Kier molecular flexibility index (Phi) is 5.27. The SMILES string of the molecule is CC(C)(C)[C@H]1OC(=O)[C@@](Cc2c(O)ccc(Cl)c2Br)(c2ccccc2F)O1. The third-order valence-electron chi connectivity index (χ3n) is 4.47. The van der Waals surface area contributed by atoms with Gasteiger partial charge in [-0.25, -0.2) is 9.18 Å². The van der Waals surface area contributed by atoms with Crippen molar-refractivity contribution in [3.05, 3.63) is 62.8 Å². The van der Waals surface area contributed by atoms with E-state index in [1.165, 1.54) is 30.3 Å². The van der Waals surface area contributed by atoms with Crippen molar-refractivity contribution >= 4 is 33.5 Å². The fraction of sp³-hybridized carbons (Fsp3) is 0.350. The Morgan fingerprint density at radius 2 is 1.93 bits per heavy atom. The van der Waals surface area contributed by atoms with Crippen molar-refractivity contribution in [2.45, 2.75) is 39.1 Å². The van der Waals surface area contributed by atoms with Crippen LogP contribution in [0.3, 0.4) is 0 Å². The normalized spacial score (nSPS) is 22.7. The van der Waals surface area contributed by atoms with E-state index in [0.717, 1.165) is 0 Å². The fourth-order valence-corrected chi connectivity index (χ4v) is 3.62. The van der Waals surface area contributed by atoms with E-state index in [-0.39, 0.29) is 17.7 Å². The summed E-state index contributed by atoms with van der Waals surface area (Å²) < 4.78 is 26.6. The Bertz CT molecular complexity index is 896. The van der Waals surface area contributed by atoms with Gasteiger partial charge in [0.25, 0.3) is 0 Å². The molecule has 1 aliphatic heterocycles. The molecule has 144 valence electrons.